The Kier molecular flexibility index (Phi) is 4.63. The van der Waals surface area contributed by atoms with Crippen LogP contribution in [0.25, 0.3) is 0 Å². The van der Waals surface area contributed by atoms with Crippen LogP contribution in [-0.4, -0.2) is 45.8 Å². The van der Waals surface area contributed by atoms with Crippen molar-refractivity contribution >= 4 is 39.5 Å². The van der Waals surface area contributed by atoms with Gasteiger partial charge in [-0.15, -0.1) is 21.5 Å². The summed E-state index contributed by atoms with van der Waals surface area (Å²) in [6.07, 6.45) is 3.31. The van der Waals surface area contributed by atoms with E-state index in [-0.39, 0.29) is 12.0 Å². The van der Waals surface area contributed by atoms with Crippen molar-refractivity contribution in [1.82, 2.24) is 20.2 Å². The predicted octanol–water partition coefficient (Wildman–Crippen LogP) is 2.22. The van der Waals surface area contributed by atoms with Crippen molar-refractivity contribution in [3.05, 3.63) is 46.0 Å². The molecule has 0 aromatic carbocycles. The van der Waals surface area contributed by atoms with E-state index in [1.165, 1.54) is 11.3 Å². The summed E-state index contributed by atoms with van der Waals surface area (Å²) in [5, 5.41) is 13.6. The van der Waals surface area contributed by atoms with Gasteiger partial charge in [0.1, 0.15) is 22.4 Å². The van der Waals surface area contributed by atoms with Crippen LogP contribution in [0, 0.1) is 0 Å². The average molecular weight is 374 g/mol. The molecule has 1 unspecified atom stereocenters. The minimum Gasteiger partial charge on any atom is -0.367 e. The first-order chi connectivity index (χ1) is 12.3. The van der Waals surface area contributed by atoms with E-state index >= 15 is 0 Å². The van der Waals surface area contributed by atoms with Gasteiger partial charge in [0, 0.05) is 24.3 Å². The molecule has 128 valence electrons. The summed E-state index contributed by atoms with van der Waals surface area (Å²) in [5.41, 5.74) is 2.04. The Morgan fingerprint density at radius 1 is 1.32 bits per heavy atom. The molecule has 8 nitrogen and oxygen atoms in total. The number of amides is 1. The maximum Gasteiger partial charge on any atom is 0.259 e. The van der Waals surface area contributed by atoms with Crippen molar-refractivity contribution in [2.45, 2.75) is 6.10 Å². The van der Waals surface area contributed by atoms with Gasteiger partial charge < -0.3 is 9.64 Å². The monoisotopic (exact) mass is 374 g/mol. The quantitative estimate of drug-likeness (QED) is 0.748. The molecule has 1 N–H and O–H groups in total. The van der Waals surface area contributed by atoms with E-state index in [2.05, 4.69) is 30.4 Å². The zero-order valence-corrected chi connectivity index (χ0v) is 14.7. The third-order valence-corrected chi connectivity index (χ3v) is 5.18. The number of pyridine rings is 1. The van der Waals surface area contributed by atoms with Gasteiger partial charge in [-0.2, -0.15) is 0 Å². The molecule has 3 aromatic rings. The van der Waals surface area contributed by atoms with Crippen LogP contribution < -0.4 is 10.2 Å². The Hall–Kier alpha value is -2.43. The fourth-order valence-electron chi connectivity index (χ4n) is 2.50. The van der Waals surface area contributed by atoms with Gasteiger partial charge in [-0.05, 0) is 12.1 Å². The van der Waals surface area contributed by atoms with Crippen molar-refractivity contribution in [2.75, 3.05) is 29.9 Å². The number of anilines is 2. The average Bonchev–Trinajstić information content (AvgIpc) is 3.36. The Morgan fingerprint density at radius 3 is 3.00 bits per heavy atom. The summed E-state index contributed by atoms with van der Waals surface area (Å²) in [6.45, 7) is 2.06. The second-order valence-electron chi connectivity index (χ2n) is 5.28. The predicted molar refractivity (Wildman–Crippen MR) is 95.1 cm³/mol. The minimum absolute atomic E-state index is 0.0454. The van der Waals surface area contributed by atoms with Gasteiger partial charge in [0.05, 0.1) is 18.7 Å². The van der Waals surface area contributed by atoms with Gasteiger partial charge in [0.15, 0.2) is 0 Å². The van der Waals surface area contributed by atoms with Crippen molar-refractivity contribution in [3.63, 3.8) is 0 Å². The Bertz CT molecular complexity index is 822. The number of hydrogen-bond donors (Lipinski definition) is 1. The van der Waals surface area contributed by atoms with Crippen LogP contribution in [0.1, 0.15) is 21.5 Å². The standard InChI is InChI=1S/C15H14N6O2S2/c22-13(19-15-20-18-9-25-15)10-1-2-12(17-7-10)21-4-5-23-11(8-21)14-16-3-6-24-14/h1-3,6-7,9,11H,4-5,8H2,(H,19,20,22). The molecule has 4 rings (SSSR count). The first-order valence-corrected chi connectivity index (χ1v) is 9.35. The van der Waals surface area contributed by atoms with E-state index in [0.29, 0.717) is 23.8 Å². The van der Waals surface area contributed by atoms with E-state index < -0.39 is 0 Å². The van der Waals surface area contributed by atoms with Crippen molar-refractivity contribution in [2.24, 2.45) is 0 Å². The number of rotatable bonds is 4. The third-order valence-electron chi connectivity index (χ3n) is 3.71. The molecule has 1 aliphatic heterocycles. The number of nitrogens with one attached hydrogen (secondary N) is 1. The topological polar surface area (TPSA) is 93.1 Å². The van der Waals surface area contributed by atoms with Crippen LogP contribution in [0.2, 0.25) is 0 Å². The molecular formula is C15H14N6O2S2. The van der Waals surface area contributed by atoms with Gasteiger partial charge >= 0.3 is 0 Å². The molecule has 0 aliphatic carbocycles. The number of carbonyl (C=O) groups is 1. The highest BCUT2D eigenvalue weighted by Gasteiger charge is 2.24. The normalized spacial score (nSPS) is 17.4. The molecular weight excluding hydrogens is 360 g/mol. The van der Waals surface area contributed by atoms with Crippen LogP contribution in [0.4, 0.5) is 10.9 Å². The molecule has 10 heteroatoms. The molecule has 0 saturated carbocycles. The highest BCUT2D eigenvalue weighted by atomic mass is 32.1. The van der Waals surface area contributed by atoms with Crippen LogP contribution in [0.3, 0.4) is 0 Å². The number of thiazole rings is 1. The fraction of sp³-hybridized carbons (Fsp3) is 0.267. The number of nitrogens with zero attached hydrogens (tertiary/aromatic N) is 5. The van der Waals surface area contributed by atoms with Crippen LogP contribution >= 0.6 is 22.7 Å². The maximum absolute atomic E-state index is 12.2. The van der Waals surface area contributed by atoms with Gasteiger partial charge in [-0.1, -0.05) is 11.3 Å². The lowest BCUT2D eigenvalue weighted by molar-refractivity contribution is 0.0393. The molecule has 25 heavy (non-hydrogen) atoms. The molecule has 4 heterocycles. The Labute approximate surface area is 151 Å². The van der Waals surface area contributed by atoms with Crippen LogP contribution in [0.15, 0.2) is 35.4 Å². The summed E-state index contributed by atoms with van der Waals surface area (Å²) < 4.78 is 5.80. The molecule has 1 saturated heterocycles. The van der Waals surface area contributed by atoms with Crippen LogP contribution in [-0.2, 0) is 4.74 Å². The van der Waals surface area contributed by atoms with E-state index in [4.69, 9.17) is 4.74 Å². The smallest absolute Gasteiger partial charge is 0.259 e. The minimum atomic E-state index is -0.251. The van der Waals surface area contributed by atoms with Crippen molar-refractivity contribution < 1.29 is 9.53 Å². The van der Waals surface area contributed by atoms with E-state index in [1.807, 2.05) is 11.4 Å². The molecule has 3 aromatic heterocycles. The summed E-state index contributed by atoms with van der Waals surface area (Å²) in [5.74, 6) is 0.566. The lowest BCUT2D eigenvalue weighted by Gasteiger charge is -2.32. The SMILES string of the molecule is O=C(Nc1nncs1)c1ccc(N2CCOC(c3nccs3)C2)nc1. The van der Waals surface area contributed by atoms with Crippen LogP contribution in [0.5, 0.6) is 0 Å². The number of carbonyl (C=O) groups excluding carboxylic acids is 1. The van der Waals surface area contributed by atoms with E-state index in [9.17, 15) is 4.79 Å². The third kappa shape index (κ3) is 3.65. The maximum atomic E-state index is 12.2. The summed E-state index contributed by atoms with van der Waals surface area (Å²) >= 11 is 2.86. The fourth-order valence-corrected chi connectivity index (χ4v) is 3.62. The zero-order chi connectivity index (χ0) is 17.1. The molecule has 0 spiro atoms. The lowest BCUT2D eigenvalue weighted by atomic mass is 10.2. The number of aromatic nitrogens is 4. The van der Waals surface area contributed by atoms with Crippen molar-refractivity contribution in [1.29, 1.82) is 0 Å². The van der Waals surface area contributed by atoms with Gasteiger partial charge in [0.25, 0.3) is 5.91 Å². The zero-order valence-electron chi connectivity index (χ0n) is 13.0. The Balaban J connectivity index is 1.43. The summed E-state index contributed by atoms with van der Waals surface area (Å²) in [6, 6.07) is 3.60. The largest absolute Gasteiger partial charge is 0.367 e. The van der Waals surface area contributed by atoms with Gasteiger partial charge in [-0.3, -0.25) is 10.1 Å². The first kappa shape index (κ1) is 16.1. The van der Waals surface area contributed by atoms with E-state index in [1.54, 1.807) is 35.3 Å². The summed E-state index contributed by atoms with van der Waals surface area (Å²) in [7, 11) is 0. The second kappa shape index (κ2) is 7.21. The highest BCUT2D eigenvalue weighted by Crippen LogP contribution is 2.26. The van der Waals surface area contributed by atoms with Gasteiger partial charge in [-0.25, -0.2) is 9.97 Å². The molecule has 1 atom stereocenters. The molecule has 1 amide bonds. The molecule has 1 aliphatic rings. The Morgan fingerprint density at radius 2 is 2.28 bits per heavy atom. The summed E-state index contributed by atoms with van der Waals surface area (Å²) in [4.78, 5) is 23.0. The number of ether oxygens (including phenoxy) is 1. The number of hydrogen-bond acceptors (Lipinski definition) is 9. The molecule has 0 bridgehead atoms. The number of morpholine rings is 1. The molecule has 0 radical (unpaired) electrons. The van der Waals surface area contributed by atoms with E-state index in [0.717, 1.165) is 17.4 Å². The van der Waals surface area contributed by atoms with Crippen molar-refractivity contribution in [3.8, 4) is 0 Å². The highest BCUT2D eigenvalue weighted by molar-refractivity contribution is 7.13. The first-order valence-electron chi connectivity index (χ1n) is 7.59. The lowest BCUT2D eigenvalue weighted by Crippen LogP contribution is -2.38. The second-order valence-corrected chi connectivity index (χ2v) is 7.04. The van der Waals surface area contributed by atoms with Gasteiger partial charge in [0.2, 0.25) is 5.13 Å². The molecule has 1 fully saturated rings.